The summed E-state index contributed by atoms with van der Waals surface area (Å²) < 4.78 is 48.9. The molecule has 0 N–H and O–H groups in total. The number of hydrogen-bond donors (Lipinski definition) is 0. The summed E-state index contributed by atoms with van der Waals surface area (Å²) in [6.07, 6.45) is 1.81. The highest BCUT2D eigenvalue weighted by Gasteiger charge is 2.43. The van der Waals surface area contributed by atoms with Crippen LogP contribution in [0.2, 0.25) is 0 Å². The van der Waals surface area contributed by atoms with E-state index in [1.807, 2.05) is 12.1 Å². The van der Waals surface area contributed by atoms with E-state index in [1.165, 1.54) is 50.2 Å². The minimum Gasteiger partial charge on any atom is -0.472 e. The molecule has 5 nitrogen and oxygen atoms in total. The van der Waals surface area contributed by atoms with Gasteiger partial charge in [0.05, 0.1) is 5.69 Å². The summed E-state index contributed by atoms with van der Waals surface area (Å²) in [5.41, 5.74) is 2.72. The van der Waals surface area contributed by atoms with Crippen molar-refractivity contribution in [2.75, 3.05) is 6.61 Å². The van der Waals surface area contributed by atoms with Gasteiger partial charge in [0.1, 0.15) is 6.61 Å². The summed E-state index contributed by atoms with van der Waals surface area (Å²) >= 11 is 0. The second kappa shape index (κ2) is 13.8. The highest BCUT2D eigenvalue weighted by Crippen LogP contribution is 2.25. The fourth-order valence-corrected chi connectivity index (χ4v) is 3.28. The molecule has 2 aromatic rings. The first-order valence-corrected chi connectivity index (χ1v) is 11.7. The molecule has 0 spiro atoms. The van der Waals surface area contributed by atoms with Gasteiger partial charge in [0, 0.05) is 18.1 Å². The number of esters is 1. The van der Waals surface area contributed by atoms with E-state index in [0.29, 0.717) is 12.1 Å². The largest absolute Gasteiger partial charge is 0.472 e. The van der Waals surface area contributed by atoms with E-state index >= 15 is 0 Å². The molecule has 0 amide bonds. The first-order valence-electron chi connectivity index (χ1n) is 11.7. The van der Waals surface area contributed by atoms with E-state index in [2.05, 4.69) is 34.0 Å². The van der Waals surface area contributed by atoms with Gasteiger partial charge in [0.15, 0.2) is 0 Å². The second-order valence-corrected chi connectivity index (χ2v) is 8.05. The lowest BCUT2D eigenvalue weighted by atomic mass is 10.0. The van der Waals surface area contributed by atoms with E-state index in [9.17, 15) is 18.0 Å². The number of rotatable bonds is 14. The molecule has 1 aromatic carbocycles. The van der Waals surface area contributed by atoms with E-state index in [1.54, 1.807) is 13.0 Å². The Kier molecular flexibility index (Phi) is 11.1. The molecule has 1 atom stereocenters. The van der Waals surface area contributed by atoms with Crippen molar-refractivity contribution in [3.8, 4) is 17.1 Å². The quantitative estimate of drug-likeness (QED) is 0.229. The molecule has 1 aromatic heterocycles. The zero-order valence-corrected chi connectivity index (χ0v) is 19.4. The number of alkyl halides is 3. The van der Waals surface area contributed by atoms with Gasteiger partial charge in [0.25, 0.3) is 0 Å². The van der Waals surface area contributed by atoms with Gasteiger partial charge in [-0.2, -0.15) is 13.2 Å². The van der Waals surface area contributed by atoms with Crippen LogP contribution in [0, 0.1) is 0 Å². The molecule has 0 aliphatic heterocycles. The molecule has 0 aliphatic carbocycles. The zero-order chi connectivity index (χ0) is 24.1. The van der Waals surface area contributed by atoms with Crippen LogP contribution in [0.5, 0.6) is 5.88 Å². The standard InChI is InChI=1S/C25H33F3N2O3/c1-3-5-6-7-8-9-11-19-12-14-20(15-13-19)21-16-17-23(30-29-21)32-18-22(25(26,27)28)33-24(31)10-4-2/h12-17,22H,3-11,18H2,1-2H3. The lowest BCUT2D eigenvalue weighted by Gasteiger charge is -2.20. The Morgan fingerprint density at radius 2 is 1.61 bits per heavy atom. The number of carbonyl (C=O) groups excluding carboxylic acids is 1. The number of unbranched alkanes of at least 4 members (excludes halogenated alkanes) is 5. The van der Waals surface area contributed by atoms with Gasteiger partial charge >= 0.3 is 12.1 Å². The van der Waals surface area contributed by atoms with Crippen LogP contribution in [-0.4, -0.2) is 35.1 Å². The summed E-state index contributed by atoms with van der Waals surface area (Å²) in [7, 11) is 0. The van der Waals surface area contributed by atoms with Gasteiger partial charge in [-0.1, -0.05) is 70.2 Å². The molecule has 0 saturated heterocycles. The Bertz CT molecular complexity index is 824. The van der Waals surface area contributed by atoms with Crippen molar-refractivity contribution < 1.29 is 27.4 Å². The number of benzene rings is 1. The maximum atomic E-state index is 13.1. The van der Waals surface area contributed by atoms with Crippen LogP contribution >= 0.6 is 0 Å². The first-order chi connectivity index (χ1) is 15.8. The van der Waals surface area contributed by atoms with Crippen molar-refractivity contribution >= 4 is 5.97 Å². The highest BCUT2D eigenvalue weighted by atomic mass is 19.4. The van der Waals surface area contributed by atoms with Crippen molar-refractivity contribution in [3.05, 3.63) is 42.0 Å². The zero-order valence-electron chi connectivity index (χ0n) is 19.4. The van der Waals surface area contributed by atoms with Crippen LogP contribution in [-0.2, 0) is 16.0 Å². The molecule has 0 bridgehead atoms. The summed E-state index contributed by atoms with van der Waals surface area (Å²) in [6, 6.07) is 11.1. The van der Waals surface area contributed by atoms with Crippen LogP contribution in [0.1, 0.15) is 70.8 Å². The van der Waals surface area contributed by atoms with Crippen molar-refractivity contribution in [1.29, 1.82) is 0 Å². The second-order valence-electron chi connectivity index (χ2n) is 8.05. The van der Waals surface area contributed by atoms with Gasteiger partial charge in [0.2, 0.25) is 12.0 Å². The van der Waals surface area contributed by atoms with E-state index in [-0.39, 0.29) is 12.3 Å². The Morgan fingerprint density at radius 3 is 2.21 bits per heavy atom. The predicted molar refractivity (Wildman–Crippen MR) is 121 cm³/mol. The fourth-order valence-electron chi connectivity index (χ4n) is 3.28. The van der Waals surface area contributed by atoms with Crippen LogP contribution in [0.15, 0.2) is 36.4 Å². The van der Waals surface area contributed by atoms with Crippen LogP contribution in [0.25, 0.3) is 11.3 Å². The van der Waals surface area contributed by atoms with Crippen LogP contribution < -0.4 is 4.74 Å². The number of ether oxygens (including phenoxy) is 2. The number of aryl methyl sites for hydroxylation is 1. The predicted octanol–water partition coefficient (Wildman–Crippen LogP) is 6.70. The van der Waals surface area contributed by atoms with Crippen molar-refractivity contribution in [3.63, 3.8) is 0 Å². The lowest BCUT2D eigenvalue weighted by Crippen LogP contribution is -2.38. The molecule has 1 heterocycles. The van der Waals surface area contributed by atoms with Gasteiger partial charge in [-0.25, -0.2) is 0 Å². The minimum atomic E-state index is -4.73. The average Bonchev–Trinajstić information content (AvgIpc) is 2.79. The maximum Gasteiger partial charge on any atom is 0.428 e. The lowest BCUT2D eigenvalue weighted by molar-refractivity contribution is -0.227. The van der Waals surface area contributed by atoms with Gasteiger partial charge in [-0.3, -0.25) is 4.79 Å². The number of hydrogen-bond acceptors (Lipinski definition) is 5. The molecule has 8 heteroatoms. The van der Waals surface area contributed by atoms with E-state index in [4.69, 9.17) is 4.74 Å². The Balaban J connectivity index is 1.86. The first kappa shape index (κ1) is 26.6. The number of aromatic nitrogens is 2. The molecule has 1 unspecified atom stereocenters. The topological polar surface area (TPSA) is 61.3 Å². The van der Waals surface area contributed by atoms with Gasteiger partial charge in [-0.05, 0) is 30.9 Å². The number of halogens is 3. The third-order valence-corrected chi connectivity index (χ3v) is 5.18. The Hall–Kier alpha value is -2.64. The Labute approximate surface area is 193 Å². The average molecular weight is 467 g/mol. The van der Waals surface area contributed by atoms with Crippen molar-refractivity contribution in [2.45, 2.75) is 83.9 Å². The molecule has 0 fully saturated rings. The normalized spacial score (nSPS) is 12.4. The maximum absolute atomic E-state index is 13.1. The molecule has 0 aliphatic rings. The van der Waals surface area contributed by atoms with E-state index < -0.39 is 24.9 Å². The van der Waals surface area contributed by atoms with Gasteiger partial charge in [-0.15, -0.1) is 10.2 Å². The van der Waals surface area contributed by atoms with E-state index in [0.717, 1.165) is 12.0 Å². The molecule has 0 saturated carbocycles. The van der Waals surface area contributed by atoms with Crippen molar-refractivity contribution in [2.24, 2.45) is 0 Å². The third-order valence-electron chi connectivity index (χ3n) is 5.18. The molecule has 33 heavy (non-hydrogen) atoms. The summed E-state index contributed by atoms with van der Waals surface area (Å²) in [4.78, 5) is 11.4. The third kappa shape index (κ3) is 9.80. The molecular weight excluding hydrogens is 433 g/mol. The van der Waals surface area contributed by atoms with Crippen molar-refractivity contribution in [1.82, 2.24) is 10.2 Å². The summed E-state index contributed by atoms with van der Waals surface area (Å²) in [6.45, 7) is 3.02. The van der Waals surface area contributed by atoms with Gasteiger partial charge < -0.3 is 9.47 Å². The number of carbonyl (C=O) groups is 1. The highest BCUT2D eigenvalue weighted by molar-refractivity contribution is 5.69. The van der Waals surface area contributed by atoms with Crippen LogP contribution in [0.4, 0.5) is 13.2 Å². The summed E-state index contributed by atoms with van der Waals surface area (Å²) in [5.74, 6) is -0.982. The molecule has 2 rings (SSSR count). The fraction of sp³-hybridized carbons (Fsp3) is 0.560. The molecule has 0 radical (unpaired) electrons. The summed E-state index contributed by atoms with van der Waals surface area (Å²) in [5, 5.41) is 7.90. The monoisotopic (exact) mass is 466 g/mol. The molecular formula is C25H33F3N2O3. The number of nitrogens with zero attached hydrogens (tertiary/aromatic N) is 2. The SMILES string of the molecule is CCCCCCCCc1ccc(-c2ccc(OCC(OC(=O)CCC)C(F)(F)F)nn2)cc1. The smallest absolute Gasteiger partial charge is 0.428 e. The molecule has 182 valence electrons. The van der Waals surface area contributed by atoms with Crippen LogP contribution in [0.3, 0.4) is 0 Å². The minimum absolute atomic E-state index is 0.0702. The Morgan fingerprint density at radius 1 is 0.909 bits per heavy atom.